The van der Waals surface area contributed by atoms with Crippen molar-refractivity contribution in [3.63, 3.8) is 0 Å². The highest BCUT2D eigenvalue weighted by Crippen LogP contribution is 2.23. The summed E-state index contributed by atoms with van der Waals surface area (Å²) in [5, 5.41) is 8.92. The van der Waals surface area contributed by atoms with Gasteiger partial charge in [-0.15, -0.1) is 0 Å². The highest BCUT2D eigenvalue weighted by atomic mass is 35.5. The van der Waals surface area contributed by atoms with Crippen LogP contribution >= 0.6 is 11.6 Å². The summed E-state index contributed by atoms with van der Waals surface area (Å²) in [4.78, 5) is 4.15. The lowest BCUT2D eigenvalue weighted by Gasteiger charge is -2.11. The van der Waals surface area contributed by atoms with Crippen LogP contribution in [0.15, 0.2) is 6.07 Å². The summed E-state index contributed by atoms with van der Waals surface area (Å²) >= 11 is 5.93. The Labute approximate surface area is 88.5 Å². The molecule has 0 aromatic carbocycles. The molecule has 0 aliphatic carbocycles. The van der Waals surface area contributed by atoms with Crippen LogP contribution in [0, 0.1) is 25.2 Å². The molecule has 74 valence electrons. The van der Waals surface area contributed by atoms with Gasteiger partial charge in [0.1, 0.15) is 5.15 Å². The van der Waals surface area contributed by atoms with Crippen LogP contribution in [-0.2, 0) is 0 Å². The van der Waals surface area contributed by atoms with Gasteiger partial charge in [0.15, 0.2) is 0 Å². The van der Waals surface area contributed by atoms with E-state index in [2.05, 4.69) is 4.98 Å². The van der Waals surface area contributed by atoms with Crippen molar-refractivity contribution in [2.24, 2.45) is 5.73 Å². The van der Waals surface area contributed by atoms with Crippen LogP contribution in [0.4, 0.5) is 0 Å². The summed E-state index contributed by atoms with van der Waals surface area (Å²) in [6, 6.07) is 3.56. The predicted molar refractivity (Wildman–Crippen MR) is 55.9 cm³/mol. The van der Waals surface area contributed by atoms with Crippen molar-refractivity contribution >= 4 is 11.6 Å². The Morgan fingerprint density at radius 3 is 2.86 bits per heavy atom. The van der Waals surface area contributed by atoms with Crippen molar-refractivity contribution in [2.45, 2.75) is 26.3 Å². The van der Waals surface area contributed by atoms with Crippen molar-refractivity contribution in [2.75, 3.05) is 0 Å². The third-order valence-corrected chi connectivity index (χ3v) is 2.46. The number of aryl methyl sites for hydroxylation is 2. The van der Waals surface area contributed by atoms with Gasteiger partial charge in [-0.05, 0) is 25.5 Å². The van der Waals surface area contributed by atoms with Gasteiger partial charge in [-0.2, -0.15) is 5.26 Å². The molecule has 1 atom stereocenters. The summed E-state index contributed by atoms with van der Waals surface area (Å²) in [5.74, 6) is 0. The second kappa shape index (κ2) is 4.41. The molecule has 0 saturated heterocycles. The normalized spacial score (nSPS) is 12.2. The summed E-state index contributed by atoms with van der Waals surface area (Å²) in [6.07, 6.45) is 0.254. The van der Waals surface area contributed by atoms with E-state index in [-0.39, 0.29) is 12.5 Å². The molecule has 1 aromatic rings. The molecule has 0 amide bonds. The minimum Gasteiger partial charge on any atom is -0.323 e. The fourth-order valence-electron chi connectivity index (χ4n) is 1.17. The van der Waals surface area contributed by atoms with Crippen molar-refractivity contribution in [1.29, 1.82) is 5.26 Å². The molecule has 0 fully saturated rings. The van der Waals surface area contributed by atoms with E-state index in [4.69, 9.17) is 22.6 Å². The van der Waals surface area contributed by atoms with E-state index in [0.29, 0.717) is 5.15 Å². The first-order valence-corrected chi connectivity index (χ1v) is 4.70. The van der Waals surface area contributed by atoms with Crippen molar-refractivity contribution in [3.8, 4) is 6.07 Å². The zero-order valence-electron chi connectivity index (χ0n) is 8.21. The van der Waals surface area contributed by atoms with Gasteiger partial charge in [0.05, 0.1) is 12.5 Å². The van der Waals surface area contributed by atoms with Crippen molar-refractivity contribution in [3.05, 3.63) is 28.0 Å². The standard InChI is InChI=1S/C10H12ClN3/c1-6-5-8(9(13)3-4-12)10(11)14-7(6)2/h5,9H,3,13H2,1-2H3. The van der Waals surface area contributed by atoms with Crippen molar-refractivity contribution in [1.82, 2.24) is 4.98 Å². The number of hydrogen-bond acceptors (Lipinski definition) is 3. The molecule has 0 aliphatic rings. The summed E-state index contributed by atoms with van der Waals surface area (Å²) in [5.41, 5.74) is 8.46. The van der Waals surface area contributed by atoms with Crippen LogP contribution in [-0.4, -0.2) is 4.98 Å². The monoisotopic (exact) mass is 209 g/mol. The molecule has 1 unspecified atom stereocenters. The van der Waals surface area contributed by atoms with Crippen LogP contribution in [0.5, 0.6) is 0 Å². The molecular formula is C10H12ClN3. The first kappa shape index (κ1) is 11.0. The number of hydrogen-bond donors (Lipinski definition) is 1. The van der Waals surface area contributed by atoms with E-state index in [1.54, 1.807) is 0 Å². The summed E-state index contributed by atoms with van der Waals surface area (Å²) in [7, 11) is 0. The first-order chi connectivity index (χ1) is 6.56. The summed E-state index contributed by atoms with van der Waals surface area (Å²) in [6.45, 7) is 3.84. The zero-order valence-corrected chi connectivity index (χ0v) is 8.97. The topological polar surface area (TPSA) is 62.7 Å². The molecule has 1 heterocycles. The SMILES string of the molecule is Cc1cc(C(N)CC#N)c(Cl)nc1C. The molecule has 2 N–H and O–H groups in total. The fraction of sp³-hybridized carbons (Fsp3) is 0.400. The van der Waals surface area contributed by atoms with Gasteiger partial charge in [0.2, 0.25) is 0 Å². The largest absolute Gasteiger partial charge is 0.323 e. The van der Waals surface area contributed by atoms with Gasteiger partial charge in [-0.25, -0.2) is 4.98 Å². The smallest absolute Gasteiger partial charge is 0.134 e. The number of nitriles is 1. The number of halogens is 1. The predicted octanol–water partition coefficient (Wildman–Crippen LogP) is 2.27. The molecule has 1 aromatic heterocycles. The van der Waals surface area contributed by atoms with Gasteiger partial charge < -0.3 is 5.73 Å². The molecule has 0 spiro atoms. The second-order valence-corrected chi connectivity index (χ2v) is 3.60. The molecule has 0 bridgehead atoms. The third kappa shape index (κ3) is 2.22. The molecular weight excluding hydrogens is 198 g/mol. The Bertz CT molecular complexity index is 382. The van der Waals surface area contributed by atoms with Crippen LogP contribution < -0.4 is 5.73 Å². The molecule has 3 nitrogen and oxygen atoms in total. The molecule has 0 radical (unpaired) electrons. The van der Waals surface area contributed by atoms with Gasteiger partial charge in [0.25, 0.3) is 0 Å². The van der Waals surface area contributed by atoms with Crippen LogP contribution in [0.25, 0.3) is 0 Å². The lowest BCUT2D eigenvalue weighted by atomic mass is 10.0. The molecule has 4 heteroatoms. The maximum atomic E-state index is 8.52. The Balaban J connectivity index is 3.10. The highest BCUT2D eigenvalue weighted by Gasteiger charge is 2.12. The molecule has 1 rings (SSSR count). The Morgan fingerprint density at radius 1 is 1.64 bits per heavy atom. The average molecular weight is 210 g/mol. The maximum Gasteiger partial charge on any atom is 0.134 e. The van der Waals surface area contributed by atoms with Gasteiger partial charge in [0, 0.05) is 17.3 Å². The van der Waals surface area contributed by atoms with Crippen LogP contribution in [0.2, 0.25) is 5.15 Å². The number of nitrogens with two attached hydrogens (primary N) is 1. The molecule has 0 saturated carbocycles. The zero-order chi connectivity index (χ0) is 10.7. The van der Waals surface area contributed by atoms with E-state index in [0.717, 1.165) is 16.8 Å². The second-order valence-electron chi connectivity index (χ2n) is 3.24. The molecule has 14 heavy (non-hydrogen) atoms. The van der Waals surface area contributed by atoms with E-state index in [9.17, 15) is 0 Å². The Morgan fingerprint density at radius 2 is 2.29 bits per heavy atom. The first-order valence-electron chi connectivity index (χ1n) is 4.32. The average Bonchev–Trinajstić information content (AvgIpc) is 2.11. The third-order valence-electron chi connectivity index (χ3n) is 2.16. The minimum atomic E-state index is -0.348. The summed E-state index contributed by atoms with van der Waals surface area (Å²) < 4.78 is 0. The number of aromatic nitrogens is 1. The quantitative estimate of drug-likeness (QED) is 0.760. The Hall–Kier alpha value is -1.11. The van der Waals surface area contributed by atoms with Crippen LogP contribution in [0.1, 0.15) is 29.3 Å². The number of rotatable bonds is 2. The van der Waals surface area contributed by atoms with Crippen molar-refractivity contribution < 1.29 is 0 Å². The van der Waals surface area contributed by atoms with E-state index in [1.807, 2.05) is 26.0 Å². The number of nitrogens with zero attached hydrogens (tertiary/aromatic N) is 2. The van der Waals surface area contributed by atoms with E-state index in [1.165, 1.54) is 0 Å². The van der Waals surface area contributed by atoms with Crippen LogP contribution in [0.3, 0.4) is 0 Å². The van der Waals surface area contributed by atoms with E-state index < -0.39 is 0 Å². The van der Waals surface area contributed by atoms with Gasteiger partial charge >= 0.3 is 0 Å². The maximum absolute atomic E-state index is 8.52. The lowest BCUT2D eigenvalue weighted by molar-refractivity contribution is 0.741. The minimum absolute atomic E-state index is 0.254. The Kier molecular flexibility index (Phi) is 3.45. The molecule has 0 aliphatic heterocycles. The highest BCUT2D eigenvalue weighted by molar-refractivity contribution is 6.30. The van der Waals surface area contributed by atoms with Gasteiger partial charge in [-0.1, -0.05) is 11.6 Å². The number of pyridine rings is 1. The lowest BCUT2D eigenvalue weighted by Crippen LogP contribution is -2.11. The fourth-order valence-corrected chi connectivity index (χ4v) is 1.49. The van der Waals surface area contributed by atoms with Gasteiger partial charge in [-0.3, -0.25) is 0 Å². The van der Waals surface area contributed by atoms with E-state index >= 15 is 0 Å².